The molecular weight excluding hydrogens is 338 g/mol. The minimum atomic E-state index is -0.682. The normalized spacial score (nSPS) is 23.9. The molecule has 0 radical (unpaired) electrons. The summed E-state index contributed by atoms with van der Waals surface area (Å²) in [5.74, 6) is -0.682. The highest BCUT2D eigenvalue weighted by Crippen LogP contribution is 2.40. The zero-order valence-electron chi connectivity index (χ0n) is 16.6. The number of benzene rings is 2. The van der Waals surface area contributed by atoms with E-state index in [1.807, 2.05) is 50.2 Å². The van der Waals surface area contributed by atoms with E-state index < -0.39 is 11.3 Å². The molecule has 1 heterocycles. The van der Waals surface area contributed by atoms with Crippen LogP contribution >= 0.6 is 0 Å². The molecule has 4 nitrogen and oxygen atoms in total. The van der Waals surface area contributed by atoms with E-state index in [4.69, 9.17) is 19.9 Å². The molecule has 4 heteroatoms. The molecule has 0 aromatic heterocycles. The van der Waals surface area contributed by atoms with Gasteiger partial charge in [0.05, 0.1) is 18.8 Å². The van der Waals surface area contributed by atoms with Crippen LogP contribution in [0.2, 0.25) is 0 Å². The molecule has 1 saturated heterocycles. The van der Waals surface area contributed by atoms with Crippen LogP contribution in [0.1, 0.15) is 44.7 Å². The highest BCUT2D eigenvalue weighted by molar-refractivity contribution is 5.27. The first-order valence-corrected chi connectivity index (χ1v) is 9.76. The maximum atomic E-state index is 6.97. The van der Waals surface area contributed by atoms with Crippen molar-refractivity contribution in [2.75, 3.05) is 6.61 Å². The van der Waals surface area contributed by atoms with Gasteiger partial charge in [0.15, 0.2) is 5.79 Å². The van der Waals surface area contributed by atoms with E-state index in [-0.39, 0.29) is 12.2 Å². The molecule has 0 spiro atoms. The molecule has 27 heavy (non-hydrogen) atoms. The van der Waals surface area contributed by atoms with Gasteiger partial charge in [0.2, 0.25) is 0 Å². The summed E-state index contributed by atoms with van der Waals surface area (Å²) in [6, 6.07) is 20.4. The summed E-state index contributed by atoms with van der Waals surface area (Å²) < 4.78 is 18.5. The van der Waals surface area contributed by atoms with Gasteiger partial charge in [0.1, 0.15) is 12.2 Å². The third-order valence-electron chi connectivity index (χ3n) is 5.06. The SMILES string of the molecule is CCC[C@@](N)(c1ccccc1)[C@@H]1OC(C)(C)O[C@H]1COCc1ccccc1. The molecule has 0 unspecified atom stereocenters. The number of rotatable bonds is 8. The Bertz CT molecular complexity index is 704. The summed E-state index contributed by atoms with van der Waals surface area (Å²) in [5.41, 5.74) is 8.57. The van der Waals surface area contributed by atoms with Crippen molar-refractivity contribution >= 4 is 0 Å². The Labute approximate surface area is 162 Å². The molecule has 0 bridgehead atoms. The fourth-order valence-corrected chi connectivity index (χ4v) is 3.87. The van der Waals surface area contributed by atoms with Crippen LogP contribution in [0.4, 0.5) is 0 Å². The maximum Gasteiger partial charge on any atom is 0.163 e. The lowest BCUT2D eigenvalue weighted by Gasteiger charge is -2.37. The van der Waals surface area contributed by atoms with Crippen molar-refractivity contribution in [3.05, 3.63) is 71.8 Å². The Morgan fingerprint density at radius 3 is 2.26 bits per heavy atom. The summed E-state index contributed by atoms with van der Waals surface area (Å²) in [6.45, 7) is 7.01. The van der Waals surface area contributed by atoms with E-state index in [9.17, 15) is 0 Å². The van der Waals surface area contributed by atoms with Crippen LogP contribution in [-0.4, -0.2) is 24.6 Å². The molecule has 0 saturated carbocycles. The third-order valence-corrected chi connectivity index (χ3v) is 5.06. The highest BCUT2D eigenvalue weighted by Gasteiger charge is 2.51. The second-order valence-electron chi connectivity index (χ2n) is 7.75. The first-order valence-electron chi connectivity index (χ1n) is 9.76. The first kappa shape index (κ1) is 20.0. The van der Waals surface area contributed by atoms with Crippen LogP contribution < -0.4 is 5.73 Å². The van der Waals surface area contributed by atoms with E-state index >= 15 is 0 Å². The molecular formula is C23H31NO3. The number of hydrogen-bond donors (Lipinski definition) is 1. The predicted molar refractivity (Wildman–Crippen MR) is 107 cm³/mol. The molecule has 1 aliphatic rings. The van der Waals surface area contributed by atoms with Crippen molar-refractivity contribution in [2.24, 2.45) is 5.73 Å². The molecule has 1 aliphatic heterocycles. The fourth-order valence-electron chi connectivity index (χ4n) is 3.87. The second kappa shape index (κ2) is 8.53. The zero-order valence-corrected chi connectivity index (χ0v) is 16.6. The minimum Gasteiger partial charge on any atom is -0.374 e. The van der Waals surface area contributed by atoms with Crippen LogP contribution in [0.5, 0.6) is 0 Å². The Kier molecular flexibility index (Phi) is 6.33. The molecule has 0 amide bonds. The van der Waals surface area contributed by atoms with Crippen molar-refractivity contribution in [3.8, 4) is 0 Å². The fraction of sp³-hybridized carbons (Fsp3) is 0.478. The van der Waals surface area contributed by atoms with Gasteiger partial charge in [-0.1, -0.05) is 74.0 Å². The summed E-state index contributed by atoms with van der Waals surface area (Å²) >= 11 is 0. The van der Waals surface area contributed by atoms with Gasteiger partial charge in [-0.3, -0.25) is 0 Å². The topological polar surface area (TPSA) is 53.7 Å². The van der Waals surface area contributed by atoms with Gasteiger partial charge in [-0.2, -0.15) is 0 Å². The van der Waals surface area contributed by atoms with Gasteiger partial charge in [-0.25, -0.2) is 0 Å². The van der Waals surface area contributed by atoms with Crippen LogP contribution in [0.3, 0.4) is 0 Å². The number of ether oxygens (including phenoxy) is 3. The largest absolute Gasteiger partial charge is 0.374 e. The zero-order chi connectivity index (χ0) is 19.3. The lowest BCUT2D eigenvalue weighted by Crippen LogP contribution is -2.53. The summed E-state index contributed by atoms with van der Waals surface area (Å²) in [5, 5.41) is 0. The van der Waals surface area contributed by atoms with Crippen molar-refractivity contribution in [2.45, 2.75) is 63.8 Å². The average Bonchev–Trinajstić information content (AvgIpc) is 2.98. The molecule has 0 aliphatic carbocycles. The van der Waals surface area contributed by atoms with E-state index in [0.29, 0.717) is 13.2 Å². The van der Waals surface area contributed by atoms with Crippen molar-refractivity contribution in [3.63, 3.8) is 0 Å². The Morgan fingerprint density at radius 2 is 1.63 bits per heavy atom. The average molecular weight is 370 g/mol. The van der Waals surface area contributed by atoms with Crippen molar-refractivity contribution in [1.29, 1.82) is 0 Å². The van der Waals surface area contributed by atoms with Crippen LogP contribution in [-0.2, 0) is 26.4 Å². The molecule has 1 fully saturated rings. The molecule has 2 aromatic carbocycles. The summed E-state index contributed by atoms with van der Waals surface area (Å²) in [4.78, 5) is 0. The molecule has 146 valence electrons. The summed E-state index contributed by atoms with van der Waals surface area (Å²) in [7, 11) is 0. The van der Waals surface area contributed by atoms with Crippen LogP contribution in [0.15, 0.2) is 60.7 Å². The monoisotopic (exact) mass is 369 g/mol. The van der Waals surface area contributed by atoms with Crippen molar-refractivity contribution < 1.29 is 14.2 Å². The van der Waals surface area contributed by atoms with E-state index in [2.05, 4.69) is 31.2 Å². The molecule has 2 N–H and O–H groups in total. The Morgan fingerprint density at radius 1 is 1.00 bits per heavy atom. The quantitative estimate of drug-likeness (QED) is 0.750. The van der Waals surface area contributed by atoms with E-state index in [1.165, 1.54) is 0 Å². The first-order chi connectivity index (χ1) is 12.9. The number of nitrogens with two attached hydrogens (primary N) is 1. The standard InChI is InChI=1S/C23H31NO3/c1-4-15-23(24,19-13-9-6-10-14-19)21-20(26-22(2,3)27-21)17-25-16-18-11-7-5-8-12-18/h5-14,20-21H,4,15-17,24H2,1-3H3/t20-,21+,23+/m0/s1. The van der Waals surface area contributed by atoms with Crippen LogP contribution in [0.25, 0.3) is 0 Å². The molecule has 2 aromatic rings. The lowest BCUT2D eigenvalue weighted by atomic mass is 9.79. The Hall–Kier alpha value is -1.72. The summed E-state index contributed by atoms with van der Waals surface area (Å²) in [6.07, 6.45) is 1.28. The predicted octanol–water partition coefficient (Wildman–Crippen LogP) is 4.38. The number of hydrogen-bond acceptors (Lipinski definition) is 4. The third kappa shape index (κ3) is 4.77. The van der Waals surface area contributed by atoms with E-state index in [0.717, 1.165) is 24.0 Å². The van der Waals surface area contributed by atoms with Gasteiger partial charge >= 0.3 is 0 Å². The molecule has 3 atom stereocenters. The van der Waals surface area contributed by atoms with E-state index in [1.54, 1.807) is 0 Å². The van der Waals surface area contributed by atoms with Gasteiger partial charge in [0, 0.05) is 0 Å². The molecule has 3 rings (SSSR count). The second-order valence-corrected chi connectivity index (χ2v) is 7.75. The maximum absolute atomic E-state index is 6.97. The Balaban J connectivity index is 1.77. The van der Waals surface area contributed by atoms with Crippen LogP contribution in [0, 0.1) is 0 Å². The van der Waals surface area contributed by atoms with Gasteiger partial charge in [-0.15, -0.1) is 0 Å². The minimum absolute atomic E-state index is 0.222. The van der Waals surface area contributed by atoms with Crippen molar-refractivity contribution in [1.82, 2.24) is 0 Å². The van der Waals surface area contributed by atoms with Gasteiger partial charge < -0.3 is 19.9 Å². The van der Waals surface area contributed by atoms with Gasteiger partial charge in [-0.05, 0) is 31.4 Å². The highest BCUT2D eigenvalue weighted by atomic mass is 16.8. The van der Waals surface area contributed by atoms with Gasteiger partial charge in [0.25, 0.3) is 0 Å². The smallest absolute Gasteiger partial charge is 0.163 e. The lowest BCUT2D eigenvalue weighted by molar-refractivity contribution is -0.156.